The topological polar surface area (TPSA) is 95.0 Å². The predicted molar refractivity (Wildman–Crippen MR) is 75.7 cm³/mol. The van der Waals surface area contributed by atoms with Gasteiger partial charge >= 0.3 is 0 Å². The first-order valence-electron chi connectivity index (χ1n) is 6.37. The van der Waals surface area contributed by atoms with Crippen molar-refractivity contribution < 1.29 is 4.74 Å². The highest BCUT2D eigenvalue weighted by Gasteiger charge is 2.16. The molecule has 108 valence electrons. The Balaban J connectivity index is 2.34. The lowest BCUT2D eigenvalue weighted by Gasteiger charge is -2.26. The van der Waals surface area contributed by atoms with E-state index in [9.17, 15) is 0 Å². The van der Waals surface area contributed by atoms with Gasteiger partial charge in [0.15, 0.2) is 0 Å². The van der Waals surface area contributed by atoms with Gasteiger partial charge in [-0.2, -0.15) is 15.0 Å². The SMILES string of the molecule is COCCN(c1nc(N)nc(-n2ccnc2)n1)C(C)C. The van der Waals surface area contributed by atoms with Gasteiger partial charge < -0.3 is 15.4 Å². The fraction of sp³-hybridized carbons (Fsp3) is 0.500. The molecular formula is C12H19N7O. The number of methoxy groups -OCH3 is 1. The highest BCUT2D eigenvalue weighted by Crippen LogP contribution is 2.14. The van der Waals surface area contributed by atoms with Crippen LogP contribution in [0.1, 0.15) is 13.8 Å². The van der Waals surface area contributed by atoms with E-state index >= 15 is 0 Å². The smallest absolute Gasteiger partial charge is 0.241 e. The van der Waals surface area contributed by atoms with Crippen molar-refractivity contribution in [3.63, 3.8) is 0 Å². The van der Waals surface area contributed by atoms with Crippen LogP contribution in [0.3, 0.4) is 0 Å². The molecule has 2 rings (SSSR count). The van der Waals surface area contributed by atoms with Crippen molar-refractivity contribution in [1.29, 1.82) is 0 Å². The highest BCUT2D eigenvalue weighted by molar-refractivity contribution is 5.38. The Morgan fingerprint density at radius 1 is 1.35 bits per heavy atom. The van der Waals surface area contributed by atoms with Crippen LogP contribution in [-0.2, 0) is 4.74 Å². The molecule has 0 aliphatic carbocycles. The molecule has 0 radical (unpaired) electrons. The fourth-order valence-electron chi connectivity index (χ4n) is 1.77. The molecule has 0 aliphatic heterocycles. The van der Waals surface area contributed by atoms with E-state index in [1.807, 2.05) is 4.90 Å². The molecule has 0 unspecified atom stereocenters. The summed E-state index contributed by atoms with van der Waals surface area (Å²) >= 11 is 0. The van der Waals surface area contributed by atoms with Gasteiger partial charge in [0.05, 0.1) is 6.61 Å². The van der Waals surface area contributed by atoms with Crippen molar-refractivity contribution in [1.82, 2.24) is 24.5 Å². The molecule has 0 saturated carbocycles. The maximum absolute atomic E-state index is 5.78. The quantitative estimate of drug-likeness (QED) is 0.821. The third kappa shape index (κ3) is 3.21. The Bertz CT molecular complexity index is 541. The minimum absolute atomic E-state index is 0.182. The van der Waals surface area contributed by atoms with Crippen LogP contribution in [0.2, 0.25) is 0 Å². The van der Waals surface area contributed by atoms with E-state index in [1.54, 1.807) is 30.4 Å². The second kappa shape index (κ2) is 6.29. The summed E-state index contributed by atoms with van der Waals surface area (Å²) in [6.07, 6.45) is 5.03. The van der Waals surface area contributed by atoms with E-state index < -0.39 is 0 Å². The van der Waals surface area contributed by atoms with Gasteiger partial charge in [-0.05, 0) is 13.8 Å². The van der Waals surface area contributed by atoms with E-state index in [0.29, 0.717) is 25.0 Å². The van der Waals surface area contributed by atoms with Crippen LogP contribution >= 0.6 is 0 Å². The van der Waals surface area contributed by atoms with Crippen LogP contribution in [0, 0.1) is 0 Å². The van der Waals surface area contributed by atoms with E-state index in [0.717, 1.165) is 0 Å². The van der Waals surface area contributed by atoms with Gasteiger partial charge in [-0.1, -0.05) is 0 Å². The van der Waals surface area contributed by atoms with Crippen molar-refractivity contribution in [2.75, 3.05) is 30.9 Å². The summed E-state index contributed by atoms with van der Waals surface area (Å²) in [7, 11) is 1.66. The van der Waals surface area contributed by atoms with Crippen molar-refractivity contribution in [2.24, 2.45) is 0 Å². The molecule has 0 spiro atoms. The van der Waals surface area contributed by atoms with Crippen molar-refractivity contribution in [3.05, 3.63) is 18.7 Å². The molecule has 8 heteroatoms. The molecular weight excluding hydrogens is 258 g/mol. The molecule has 2 aromatic rings. The second-order valence-electron chi connectivity index (χ2n) is 4.54. The number of rotatable bonds is 6. The monoisotopic (exact) mass is 277 g/mol. The highest BCUT2D eigenvalue weighted by atomic mass is 16.5. The standard InChI is InChI=1S/C12H19N7O/c1-9(2)19(6-7-20-3)12-16-10(13)15-11(17-12)18-5-4-14-8-18/h4-5,8-9H,6-7H2,1-3H3,(H2,13,15,16,17). The first-order chi connectivity index (χ1) is 9.61. The van der Waals surface area contributed by atoms with Gasteiger partial charge in [0.1, 0.15) is 6.33 Å². The number of hydrogen-bond donors (Lipinski definition) is 1. The predicted octanol–water partition coefficient (Wildman–Crippen LogP) is 0.501. The van der Waals surface area contributed by atoms with E-state index in [1.165, 1.54) is 0 Å². The third-order valence-corrected chi connectivity index (χ3v) is 2.78. The normalized spacial score (nSPS) is 11.0. The summed E-state index contributed by atoms with van der Waals surface area (Å²) in [5, 5.41) is 0. The lowest BCUT2D eigenvalue weighted by Crippen LogP contribution is -2.35. The Morgan fingerprint density at radius 2 is 2.15 bits per heavy atom. The van der Waals surface area contributed by atoms with Gasteiger partial charge in [-0.25, -0.2) is 4.98 Å². The molecule has 0 fully saturated rings. The van der Waals surface area contributed by atoms with Crippen LogP contribution < -0.4 is 10.6 Å². The van der Waals surface area contributed by atoms with E-state index in [-0.39, 0.29) is 12.0 Å². The molecule has 20 heavy (non-hydrogen) atoms. The summed E-state index contributed by atoms with van der Waals surface area (Å²) in [5.41, 5.74) is 5.78. The lowest BCUT2D eigenvalue weighted by atomic mass is 10.3. The van der Waals surface area contributed by atoms with Crippen LogP contribution in [0.5, 0.6) is 0 Å². The van der Waals surface area contributed by atoms with Crippen molar-refractivity contribution in [3.8, 4) is 5.95 Å². The zero-order valence-corrected chi connectivity index (χ0v) is 11.9. The number of aromatic nitrogens is 5. The molecule has 8 nitrogen and oxygen atoms in total. The van der Waals surface area contributed by atoms with Crippen molar-refractivity contribution in [2.45, 2.75) is 19.9 Å². The van der Waals surface area contributed by atoms with E-state index in [2.05, 4.69) is 33.8 Å². The third-order valence-electron chi connectivity index (χ3n) is 2.78. The van der Waals surface area contributed by atoms with Crippen LogP contribution in [0.4, 0.5) is 11.9 Å². The maximum atomic E-state index is 5.78. The van der Waals surface area contributed by atoms with Crippen LogP contribution in [0.25, 0.3) is 5.95 Å². The Labute approximate surface area is 117 Å². The van der Waals surface area contributed by atoms with Crippen LogP contribution in [-0.4, -0.2) is 50.8 Å². The molecule has 0 saturated heterocycles. The zero-order valence-electron chi connectivity index (χ0n) is 11.9. The Morgan fingerprint density at radius 3 is 2.75 bits per heavy atom. The van der Waals surface area contributed by atoms with Gasteiger partial charge in [-0.15, -0.1) is 0 Å². The molecule has 0 aromatic carbocycles. The summed E-state index contributed by atoms with van der Waals surface area (Å²) in [5.74, 6) is 1.17. The van der Waals surface area contributed by atoms with Crippen molar-refractivity contribution >= 4 is 11.9 Å². The number of ether oxygens (including phenoxy) is 1. The maximum Gasteiger partial charge on any atom is 0.241 e. The summed E-state index contributed by atoms with van der Waals surface area (Å²) in [4.78, 5) is 18.8. The van der Waals surface area contributed by atoms with Gasteiger partial charge in [0, 0.05) is 32.1 Å². The van der Waals surface area contributed by atoms with Gasteiger partial charge in [-0.3, -0.25) is 4.57 Å². The van der Waals surface area contributed by atoms with Gasteiger partial charge in [0.25, 0.3) is 0 Å². The molecule has 2 aromatic heterocycles. The average Bonchev–Trinajstić information content (AvgIpc) is 2.92. The number of imidazole rings is 1. The summed E-state index contributed by atoms with van der Waals surface area (Å²) in [6.45, 7) is 5.39. The Hall–Kier alpha value is -2.22. The second-order valence-corrected chi connectivity index (χ2v) is 4.54. The van der Waals surface area contributed by atoms with Crippen LogP contribution in [0.15, 0.2) is 18.7 Å². The van der Waals surface area contributed by atoms with Gasteiger partial charge in [0.2, 0.25) is 17.8 Å². The first kappa shape index (κ1) is 14.2. The number of anilines is 2. The first-order valence-corrected chi connectivity index (χ1v) is 6.37. The van der Waals surface area contributed by atoms with E-state index in [4.69, 9.17) is 10.5 Å². The number of nitrogens with zero attached hydrogens (tertiary/aromatic N) is 6. The number of nitrogen functional groups attached to an aromatic ring is 1. The summed E-state index contributed by atoms with van der Waals surface area (Å²) in [6, 6.07) is 0.225. The lowest BCUT2D eigenvalue weighted by molar-refractivity contribution is 0.203. The number of hydrogen-bond acceptors (Lipinski definition) is 7. The zero-order chi connectivity index (χ0) is 14.5. The average molecular weight is 277 g/mol. The molecule has 0 bridgehead atoms. The minimum Gasteiger partial charge on any atom is -0.383 e. The Kier molecular flexibility index (Phi) is 4.46. The minimum atomic E-state index is 0.182. The molecule has 0 amide bonds. The molecule has 2 N–H and O–H groups in total. The molecule has 0 aliphatic rings. The molecule has 0 atom stereocenters. The molecule has 2 heterocycles. The number of nitrogens with two attached hydrogens (primary N) is 1. The largest absolute Gasteiger partial charge is 0.383 e. The summed E-state index contributed by atoms with van der Waals surface area (Å²) < 4.78 is 6.81. The fourth-order valence-corrected chi connectivity index (χ4v) is 1.77.